The first-order valence-electron chi connectivity index (χ1n) is 4.70. The fourth-order valence-corrected chi connectivity index (χ4v) is 1.50. The molecule has 0 amide bonds. The van der Waals surface area contributed by atoms with Gasteiger partial charge in [0.25, 0.3) is 0 Å². The van der Waals surface area contributed by atoms with E-state index in [0.29, 0.717) is 0 Å². The third-order valence-corrected chi connectivity index (χ3v) is 2.33. The minimum absolute atomic E-state index is 0.00426. The molecular formula is C10H9F2N3O2. The summed E-state index contributed by atoms with van der Waals surface area (Å²) in [5, 5.41) is 0. The highest BCUT2D eigenvalue weighted by Gasteiger charge is 2.14. The van der Waals surface area contributed by atoms with Crippen LogP contribution in [0.15, 0.2) is 12.1 Å². The number of aromatic nitrogens is 2. The molecule has 0 fully saturated rings. The third-order valence-electron chi connectivity index (χ3n) is 2.33. The van der Waals surface area contributed by atoms with Gasteiger partial charge in [-0.2, -0.15) is 0 Å². The second-order valence-corrected chi connectivity index (χ2v) is 3.39. The predicted molar refractivity (Wildman–Crippen MR) is 56.1 cm³/mol. The Hall–Kier alpha value is -2.18. The number of anilines is 1. The van der Waals surface area contributed by atoms with Gasteiger partial charge in [0.05, 0.1) is 18.1 Å². The monoisotopic (exact) mass is 241 g/mol. The van der Waals surface area contributed by atoms with E-state index >= 15 is 0 Å². The lowest BCUT2D eigenvalue weighted by atomic mass is 10.3. The zero-order chi connectivity index (χ0) is 12.6. The number of hydrogen-bond donors (Lipinski definition) is 1. The Bertz CT molecular complexity index is 595. The van der Waals surface area contributed by atoms with Crippen LogP contribution in [0.4, 0.5) is 14.7 Å². The van der Waals surface area contributed by atoms with E-state index in [-0.39, 0.29) is 23.5 Å². The summed E-state index contributed by atoms with van der Waals surface area (Å²) in [5.41, 5.74) is 5.98. The largest absolute Gasteiger partial charge is 0.468 e. The number of imidazole rings is 1. The van der Waals surface area contributed by atoms with Crippen molar-refractivity contribution in [2.45, 2.75) is 6.54 Å². The van der Waals surface area contributed by atoms with Gasteiger partial charge in [0.15, 0.2) is 11.6 Å². The molecule has 0 bridgehead atoms. The molecule has 17 heavy (non-hydrogen) atoms. The molecule has 1 heterocycles. The van der Waals surface area contributed by atoms with E-state index in [2.05, 4.69) is 9.72 Å². The van der Waals surface area contributed by atoms with Gasteiger partial charge in [-0.15, -0.1) is 0 Å². The second kappa shape index (κ2) is 4.00. The van der Waals surface area contributed by atoms with Gasteiger partial charge in [0, 0.05) is 12.1 Å². The van der Waals surface area contributed by atoms with E-state index in [1.165, 1.54) is 11.7 Å². The van der Waals surface area contributed by atoms with E-state index < -0.39 is 17.6 Å². The number of fused-ring (bicyclic) bond motifs is 1. The predicted octanol–water partition coefficient (Wildman–Crippen LogP) is 1.07. The molecule has 0 aliphatic rings. The molecular weight excluding hydrogens is 232 g/mol. The van der Waals surface area contributed by atoms with Crippen LogP contribution in [0.1, 0.15) is 0 Å². The number of hydrogen-bond acceptors (Lipinski definition) is 4. The topological polar surface area (TPSA) is 70.1 Å². The maximum Gasteiger partial charge on any atom is 0.325 e. The van der Waals surface area contributed by atoms with Crippen molar-refractivity contribution >= 4 is 23.0 Å². The lowest BCUT2D eigenvalue weighted by molar-refractivity contribution is -0.141. The number of nitrogens with two attached hydrogens (primary N) is 1. The molecule has 2 rings (SSSR count). The number of methoxy groups -OCH3 is 1. The van der Waals surface area contributed by atoms with Crippen LogP contribution in [-0.2, 0) is 16.1 Å². The molecule has 7 heteroatoms. The van der Waals surface area contributed by atoms with Crippen molar-refractivity contribution in [2.24, 2.45) is 0 Å². The first-order valence-corrected chi connectivity index (χ1v) is 4.70. The molecule has 0 aliphatic heterocycles. The number of carbonyl (C=O) groups excluding carboxylic acids is 1. The van der Waals surface area contributed by atoms with Gasteiger partial charge in [-0.3, -0.25) is 9.36 Å². The van der Waals surface area contributed by atoms with Gasteiger partial charge in [0.1, 0.15) is 6.54 Å². The van der Waals surface area contributed by atoms with Crippen LogP contribution in [0.3, 0.4) is 0 Å². The Labute approximate surface area is 94.8 Å². The average molecular weight is 241 g/mol. The fourth-order valence-electron chi connectivity index (χ4n) is 1.50. The minimum atomic E-state index is -1.02. The Morgan fingerprint density at radius 1 is 1.47 bits per heavy atom. The number of esters is 1. The number of nitrogen functional groups attached to an aromatic ring is 1. The van der Waals surface area contributed by atoms with Gasteiger partial charge in [-0.05, 0) is 0 Å². The standard InChI is InChI=1S/C10H9F2N3O2/c1-17-9(16)4-15-8-3-6(12)5(11)2-7(8)14-10(15)13/h2-3H,4H2,1H3,(H2,13,14). The molecule has 0 atom stereocenters. The van der Waals surface area contributed by atoms with E-state index in [1.54, 1.807) is 0 Å². The summed E-state index contributed by atoms with van der Waals surface area (Å²) in [6.45, 7) is -0.204. The number of ether oxygens (including phenoxy) is 1. The molecule has 1 aromatic heterocycles. The normalized spacial score (nSPS) is 10.8. The van der Waals surface area contributed by atoms with Gasteiger partial charge in [-0.1, -0.05) is 0 Å². The molecule has 0 spiro atoms. The molecule has 1 aromatic carbocycles. The summed E-state index contributed by atoms with van der Waals surface area (Å²) in [5.74, 6) is -2.60. The van der Waals surface area contributed by atoms with Gasteiger partial charge < -0.3 is 10.5 Å². The average Bonchev–Trinajstić information content (AvgIpc) is 2.56. The van der Waals surface area contributed by atoms with E-state index in [4.69, 9.17) is 5.73 Å². The number of rotatable bonds is 2. The SMILES string of the molecule is COC(=O)Cn1c(N)nc2cc(F)c(F)cc21. The molecule has 0 radical (unpaired) electrons. The van der Waals surface area contributed by atoms with Crippen LogP contribution >= 0.6 is 0 Å². The molecule has 2 N–H and O–H groups in total. The fraction of sp³-hybridized carbons (Fsp3) is 0.200. The minimum Gasteiger partial charge on any atom is -0.468 e. The zero-order valence-corrected chi connectivity index (χ0v) is 8.91. The third kappa shape index (κ3) is 1.91. The van der Waals surface area contributed by atoms with Gasteiger partial charge in [0.2, 0.25) is 5.95 Å². The Morgan fingerprint density at radius 2 is 2.12 bits per heavy atom. The lowest BCUT2D eigenvalue weighted by Gasteiger charge is -2.04. The molecule has 90 valence electrons. The Balaban J connectivity index is 2.58. The van der Waals surface area contributed by atoms with Crippen molar-refractivity contribution in [3.63, 3.8) is 0 Å². The zero-order valence-electron chi connectivity index (χ0n) is 8.91. The van der Waals surface area contributed by atoms with Crippen LogP contribution in [0.2, 0.25) is 0 Å². The van der Waals surface area contributed by atoms with Crippen LogP contribution in [0.25, 0.3) is 11.0 Å². The first kappa shape index (κ1) is 11.3. The number of halogens is 2. The van der Waals surface area contributed by atoms with Gasteiger partial charge in [-0.25, -0.2) is 13.8 Å². The summed E-state index contributed by atoms with van der Waals surface area (Å²) in [4.78, 5) is 15.0. The highest BCUT2D eigenvalue weighted by Crippen LogP contribution is 2.21. The van der Waals surface area contributed by atoms with Crippen LogP contribution < -0.4 is 5.73 Å². The highest BCUT2D eigenvalue weighted by molar-refractivity contribution is 5.81. The van der Waals surface area contributed by atoms with E-state index in [9.17, 15) is 13.6 Å². The summed E-state index contributed by atoms with van der Waals surface area (Å²) < 4.78 is 31.8. The smallest absolute Gasteiger partial charge is 0.325 e. The molecule has 0 saturated heterocycles. The van der Waals surface area contributed by atoms with Crippen LogP contribution in [-0.4, -0.2) is 22.6 Å². The molecule has 0 aliphatic carbocycles. The van der Waals surface area contributed by atoms with Gasteiger partial charge >= 0.3 is 5.97 Å². The van der Waals surface area contributed by atoms with Crippen molar-refractivity contribution in [2.75, 3.05) is 12.8 Å². The Kier molecular flexibility index (Phi) is 2.66. The van der Waals surface area contributed by atoms with E-state index in [0.717, 1.165) is 12.1 Å². The summed E-state index contributed by atoms with van der Waals surface area (Å²) >= 11 is 0. The molecule has 0 unspecified atom stereocenters. The molecule has 5 nitrogen and oxygen atoms in total. The van der Waals surface area contributed by atoms with Crippen molar-refractivity contribution in [3.8, 4) is 0 Å². The highest BCUT2D eigenvalue weighted by atomic mass is 19.2. The Morgan fingerprint density at radius 3 is 2.76 bits per heavy atom. The van der Waals surface area contributed by atoms with Crippen LogP contribution in [0.5, 0.6) is 0 Å². The van der Waals surface area contributed by atoms with Crippen LogP contribution in [0, 0.1) is 11.6 Å². The summed E-state index contributed by atoms with van der Waals surface area (Å²) in [7, 11) is 1.22. The number of carbonyl (C=O) groups is 1. The molecule has 2 aromatic rings. The maximum absolute atomic E-state index is 13.1. The first-order chi connectivity index (χ1) is 8.02. The van der Waals surface area contributed by atoms with Crippen molar-refractivity contribution in [3.05, 3.63) is 23.8 Å². The maximum atomic E-state index is 13.1. The molecule has 0 saturated carbocycles. The van der Waals surface area contributed by atoms with Crippen molar-refractivity contribution < 1.29 is 18.3 Å². The quantitative estimate of drug-likeness (QED) is 0.798. The van der Waals surface area contributed by atoms with Crippen molar-refractivity contribution in [1.82, 2.24) is 9.55 Å². The number of nitrogens with zero attached hydrogens (tertiary/aromatic N) is 2. The summed E-state index contributed by atoms with van der Waals surface area (Å²) in [6.07, 6.45) is 0. The number of benzene rings is 1. The summed E-state index contributed by atoms with van der Waals surface area (Å²) in [6, 6.07) is 1.87. The lowest BCUT2D eigenvalue weighted by Crippen LogP contribution is -2.13. The van der Waals surface area contributed by atoms with Crippen molar-refractivity contribution in [1.29, 1.82) is 0 Å². The second-order valence-electron chi connectivity index (χ2n) is 3.39. The van der Waals surface area contributed by atoms with E-state index in [1.807, 2.05) is 0 Å².